The minimum Gasteiger partial charge on any atom is -0.481 e. The van der Waals surface area contributed by atoms with Crippen molar-refractivity contribution in [1.29, 1.82) is 0 Å². The van der Waals surface area contributed by atoms with E-state index in [4.69, 9.17) is 9.47 Å². The Hall–Kier alpha value is -3.55. The Labute approximate surface area is 205 Å². The lowest BCUT2D eigenvalue weighted by Crippen LogP contribution is -2.48. The Bertz CT molecular complexity index is 1100. The van der Waals surface area contributed by atoms with Crippen LogP contribution in [-0.4, -0.2) is 53.4 Å². The van der Waals surface area contributed by atoms with Gasteiger partial charge in [-0.05, 0) is 56.4 Å². The molecule has 2 amide bonds. The highest BCUT2D eigenvalue weighted by Crippen LogP contribution is 2.49. The summed E-state index contributed by atoms with van der Waals surface area (Å²) in [6.07, 6.45) is 0.236. The smallest absolute Gasteiger partial charge is 0.414 e. The Balaban J connectivity index is 1.54. The molecule has 0 aromatic heterocycles. The molecule has 0 aliphatic carbocycles. The van der Waals surface area contributed by atoms with Gasteiger partial charge in [0.2, 0.25) is 0 Å². The summed E-state index contributed by atoms with van der Waals surface area (Å²) in [6.45, 7) is 6.96. The van der Waals surface area contributed by atoms with Crippen LogP contribution in [0.3, 0.4) is 0 Å². The first-order valence-electron chi connectivity index (χ1n) is 11.9. The van der Waals surface area contributed by atoms with Gasteiger partial charge in [-0.3, -0.25) is 9.69 Å². The Morgan fingerprint density at radius 1 is 0.971 bits per heavy atom. The van der Waals surface area contributed by atoms with Crippen molar-refractivity contribution in [1.82, 2.24) is 4.90 Å². The molecule has 2 aromatic carbocycles. The number of anilines is 1. The van der Waals surface area contributed by atoms with Crippen molar-refractivity contribution in [3.05, 3.63) is 65.2 Å². The van der Waals surface area contributed by atoms with Crippen molar-refractivity contribution in [3.8, 4) is 0 Å². The predicted octanol–water partition coefficient (Wildman–Crippen LogP) is 4.74. The predicted molar refractivity (Wildman–Crippen MR) is 130 cm³/mol. The number of ether oxygens (including phenoxy) is 2. The summed E-state index contributed by atoms with van der Waals surface area (Å²) in [5.41, 5.74) is 2.08. The number of rotatable bonds is 4. The Morgan fingerprint density at radius 3 is 2.29 bits per heavy atom. The number of fused-ring (bicyclic) bond motifs is 2. The fourth-order valence-corrected chi connectivity index (χ4v) is 5.02. The monoisotopic (exact) mass is 480 g/mol. The summed E-state index contributed by atoms with van der Waals surface area (Å²) in [5, 5.41) is 9.51. The molecule has 2 heterocycles. The Kier molecular flexibility index (Phi) is 6.74. The molecule has 2 aromatic rings. The van der Waals surface area contributed by atoms with Gasteiger partial charge >= 0.3 is 18.2 Å². The zero-order valence-electron chi connectivity index (χ0n) is 20.5. The van der Waals surface area contributed by atoms with Crippen LogP contribution in [0.4, 0.5) is 15.3 Å². The largest absolute Gasteiger partial charge is 0.481 e. The molecule has 8 nitrogen and oxygen atoms in total. The third kappa shape index (κ3) is 5.42. The number of hydrogen-bond donors (Lipinski definition) is 1. The topological polar surface area (TPSA) is 96.4 Å². The molecule has 0 atom stereocenters. The van der Waals surface area contributed by atoms with Crippen LogP contribution in [-0.2, 0) is 32.7 Å². The van der Waals surface area contributed by atoms with E-state index >= 15 is 0 Å². The molecule has 0 saturated carbocycles. The summed E-state index contributed by atoms with van der Waals surface area (Å²) in [4.78, 5) is 40.7. The van der Waals surface area contributed by atoms with Gasteiger partial charge in [-0.1, -0.05) is 42.5 Å². The summed E-state index contributed by atoms with van der Waals surface area (Å²) in [7, 11) is 0. The summed E-state index contributed by atoms with van der Waals surface area (Å²) in [5.74, 6) is -0.925. The van der Waals surface area contributed by atoms with E-state index in [2.05, 4.69) is 0 Å². The van der Waals surface area contributed by atoms with Crippen molar-refractivity contribution in [2.75, 3.05) is 24.5 Å². The number of carboxylic acids is 1. The molecule has 1 N–H and O–H groups in total. The molecule has 0 radical (unpaired) electrons. The van der Waals surface area contributed by atoms with Crippen molar-refractivity contribution in [3.63, 3.8) is 0 Å². The van der Waals surface area contributed by atoms with E-state index in [0.29, 0.717) is 43.7 Å². The highest BCUT2D eigenvalue weighted by atomic mass is 16.6. The van der Waals surface area contributed by atoms with E-state index < -0.39 is 23.1 Å². The third-order valence-corrected chi connectivity index (χ3v) is 6.55. The van der Waals surface area contributed by atoms with Crippen molar-refractivity contribution >= 4 is 23.8 Å². The molecule has 0 bridgehead atoms. The zero-order valence-corrected chi connectivity index (χ0v) is 20.5. The van der Waals surface area contributed by atoms with E-state index in [1.807, 2.05) is 63.2 Å². The number of piperidine rings is 1. The highest BCUT2D eigenvalue weighted by molar-refractivity contribution is 5.92. The van der Waals surface area contributed by atoms with Crippen LogP contribution in [0, 0.1) is 0 Å². The first-order valence-corrected chi connectivity index (χ1v) is 11.9. The molecule has 0 unspecified atom stereocenters. The second-order valence-corrected chi connectivity index (χ2v) is 10.3. The molecule has 35 heavy (non-hydrogen) atoms. The van der Waals surface area contributed by atoms with Crippen LogP contribution in [0.1, 0.15) is 50.3 Å². The van der Waals surface area contributed by atoms with Crippen LogP contribution < -0.4 is 4.90 Å². The lowest BCUT2D eigenvalue weighted by atomic mass is 9.72. The fraction of sp³-hybridized carbons (Fsp3) is 0.444. The normalized spacial score (nSPS) is 16.7. The minimum atomic E-state index is -0.925. The zero-order chi connectivity index (χ0) is 25.2. The summed E-state index contributed by atoms with van der Waals surface area (Å²) >= 11 is 0. The second-order valence-electron chi connectivity index (χ2n) is 10.3. The minimum absolute atomic E-state index is 0.129. The summed E-state index contributed by atoms with van der Waals surface area (Å²) < 4.78 is 11.2. The van der Waals surface area contributed by atoms with Crippen molar-refractivity contribution in [2.45, 2.75) is 57.7 Å². The Morgan fingerprint density at radius 2 is 1.66 bits per heavy atom. The third-order valence-electron chi connectivity index (χ3n) is 6.55. The maximum Gasteiger partial charge on any atom is 0.414 e. The lowest BCUT2D eigenvalue weighted by molar-refractivity contribution is -0.136. The maximum absolute atomic E-state index is 13.1. The number of likely N-dealkylation sites (tertiary alicyclic amines) is 1. The van der Waals surface area contributed by atoms with E-state index in [9.17, 15) is 19.5 Å². The highest BCUT2D eigenvalue weighted by Gasteiger charge is 2.49. The van der Waals surface area contributed by atoms with E-state index in [1.165, 1.54) is 0 Å². The number of amides is 2. The number of carbonyl (C=O) groups is 3. The number of aliphatic carboxylic acids is 1. The van der Waals surface area contributed by atoms with Gasteiger partial charge in [0.05, 0.1) is 12.1 Å². The quantitative estimate of drug-likeness (QED) is 0.679. The molecule has 2 aliphatic rings. The van der Waals surface area contributed by atoms with Crippen molar-refractivity contribution in [2.24, 2.45) is 0 Å². The van der Waals surface area contributed by atoms with Crippen LogP contribution in [0.2, 0.25) is 0 Å². The number of carboxylic acid groups (broad SMARTS) is 1. The summed E-state index contributed by atoms with van der Waals surface area (Å²) in [6, 6.07) is 15.0. The van der Waals surface area contributed by atoms with E-state index in [-0.39, 0.29) is 19.1 Å². The van der Waals surface area contributed by atoms with Gasteiger partial charge in [0, 0.05) is 25.0 Å². The molecule has 1 fully saturated rings. The van der Waals surface area contributed by atoms with Crippen LogP contribution in [0.25, 0.3) is 0 Å². The van der Waals surface area contributed by atoms with Gasteiger partial charge in [-0.25, -0.2) is 9.59 Å². The number of benzene rings is 2. The average molecular weight is 481 g/mol. The standard InChI is InChI=1S/C27H32N2O6/c1-26(2,3)35-25(33)29-18-27(23-20(16-22(30)31)10-7-11-21(23)29)12-14-28(15-13-27)24(32)34-17-19-8-5-4-6-9-19/h4-11H,12-18H2,1-3H3,(H,30,31). The molecule has 8 heteroatoms. The molecular formula is C27H32N2O6. The first-order chi connectivity index (χ1) is 16.6. The van der Waals surface area contributed by atoms with Crippen LogP contribution >= 0.6 is 0 Å². The van der Waals surface area contributed by atoms with Gasteiger partial charge in [0.25, 0.3) is 0 Å². The average Bonchev–Trinajstić information content (AvgIpc) is 3.12. The number of nitrogens with zero attached hydrogens (tertiary/aromatic N) is 2. The number of carbonyl (C=O) groups excluding carboxylic acids is 2. The van der Waals surface area contributed by atoms with Gasteiger partial charge in [-0.2, -0.15) is 0 Å². The van der Waals surface area contributed by atoms with Crippen LogP contribution in [0.5, 0.6) is 0 Å². The van der Waals surface area contributed by atoms with Crippen molar-refractivity contribution < 1.29 is 29.0 Å². The van der Waals surface area contributed by atoms with Gasteiger partial charge in [-0.15, -0.1) is 0 Å². The van der Waals surface area contributed by atoms with Crippen LogP contribution in [0.15, 0.2) is 48.5 Å². The molecule has 2 aliphatic heterocycles. The van der Waals surface area contributed by atoms with Gasteiger partial charge in [0.1, 0.15) is 12.2 Å². The van der Waals surface area contributed by atoms with E-state index in [0.717, 1.165) is 11.1 Å². The first kappa shape index (κ1) is 24.6. The van der Waals surface area contributed by atoms with Gasteiger partial charge in [0.15, 0.2) is 0 Å². The molecule has 1 saturated heterocycles. The maximum atomic E-state index is 13.1. The molecule has 1 spiro atoms. The molecule has 186 valence electrons. The van der Waals surface area contributed by atoms with Gasteiger partial charge < -0.3 is 19.5 Å². The SMILES string of the molecule is CC(C)(C)OC(=O)N1CC2(CCN(C(=O)OCc3ccccc3)CC2)c2c(CC(=O)O)cccc21. The number of hydrogen-bond acceptors (Lipinski definition) is 5. The lowest BCUT2D eigenvalue weighted by Gasteiger charge is -2.40. The van der Waals surface area contributed by atoms with E-state index in [1.54, 1.807) is 15.9 Å². The second kappa shape index (κ2) is 9.60. The molecule has 4 rings (SSSR count). The fourth-order valence-electron chi connectivity index (χ4n) is 5.02. The molecular weight excluding hydrogens is 448 g/mol.